The van der Waals surface area contributed by atoms with Crippen LogP contribution in [0.3, 0.4) is 0 Å². The van der Waals surface area contributed by atoms with Crippen molar-refractivity contribution in [2.75, 3.05) is 7.05 Å². The number of hydrogen-bond acceptors (Lipinski definition) is 4. The van der Waals surface area contributed by atoms with Crippen LogP contribution in [0.5, 0.6) is 0 Å². The molecule has 0 fully saturated rings. The predicted molar refractivity (Wildman–Crippen MR) is 115 cm³/mol. The van der Waals surface area contributed by atoms with Gasteiger partial charge in [0.05, 0.1) is 5.69 Å². The van der Waals surface area contributed by atoms with Crippen molar-refractivity contribution in [2.24, 2.45) is 0 Å². The van der Waals surface area contributed by atoms with Crippen LogP contribution < -0.4 is 5.32 Å². The van der Waals surface area contributed by atoms with Gasteiger partial charge in [0.2, 0.25) is 5.91 Å². The zero-order chi connectivity index (χ0) is 20.2. The van der Waals surface area contributed by atoms with Crippen molar-refractivity contribution in [1.29, 1.82) is 0 Å². The number of hydrogen-bond donors (Lipinski definition) is 2. The summed E-state index contributed by atoms with van der Waals surface area (Å²) in [5.74, 6) is -0.133. The molecule has 0 aliphatic carbocycles. The normalized spacial score (nSPS) is 11.2. The van der Waals surface area contributed by atoms with Gasteiger partial charge in [-0.05, 0) is 41.8 Å². The van der Waals surface area contributed by atoms with Gasteiger partial charge in [0.15, 0.2) is 0 Å². The number of aryl methyl sites for hydroxylation is 1. The number of nitrogens with zero attached hydrogens (tertiary/aromatic N) is 3. The van der Waals surface area contributed by atoms with E-state index in [9.17, 15) is 4.79 Å². The van der Waals surface area contributed by atoms with Crippen LogP contribution in [-0.4, -0.2) is 32.9 Å². The second-order valence-electron chi connectivity index (χ2n) is 6.64. The Bertz CT molecular complexity index is 1210. The summed E-state index contributed by atoms with van der Waals surface area (Å²) in [5.41, 5.74) is 6.68. The molecular weight excluding hydrogens is 362 g/mol. The van der Waals surface area contributed by atoms with Crippen LogP contribution in [0.25, 0.3) is 39.5 Å². The van der Waals surface area contributed by atoms with E-state index in [2.05, 4.69) is 38.2 Å². The Hall–Kier alpha value is -3.80. The molecule has 1 amide bonds. The number of rotatable bonds is 5. The van der Waals surface area contributed by atoms with E-state index < -0.39 is 0 Å². The zero-order valence-corrected chi connectivity index (χ0v) is 16.3. The molecule has 6 nitrogen and oxygen atoms in total. The number of aromatic nitrogens is 4. The third-order valence-electron chi connectivity index (χ3n) is 4.79. The second-order valence-corrected chi connectivity index (χ2v) is 6.64. The molecule has 4 aromatic rings. The van der Waals surface area contributed by atoms with Crippen molar-refractivity contribution in [3.63, 3.8) is 0 Å². The van der Waals surface area contributed by atoms with Crippen molar-refractivity contribution in [2.45, 2.75) is 13.3 Å². The Labute approximate surface area is 168 Å². The Balaban J connectivity index is 1.74. The molecule has 29 heavy (non-hydrogen) atoms. The van der Waals surface area contributed by atoms with Gasteiger partial charge in [-0.1, -0.05) is 25.1 Å². The number of pyridine rings is 1. The van der Waals surface area contributed by atoms with E-state index in [0.717, 1.165) is 51.1 Å². The third-order valence-corrected chi connectivity index (χ3v) is 4.79. The Kier molecular flexibility index (Phi) is 5.16. The molecule has 1 aromatic carbocycles. The lowest BCUT2D eigenvalue weighted by Gasteiger charge is -2.05. The first-order valence-electron chi connectivity index (χ1n) is 9.46. The van der Waals surface area contributed by atoms with Crippen molar-refractivity contribution >= 4 is 23.0 Å². The van der Waals surface area contributed by atoms with E-state index in [4.69, 9.17) is 0 Å². The standard InChI is InChI=1S/C23H21N5O/c1-3-18-11-21(28-14-27-18)20-13-26-23-19(20)10-17(12-25-23)16-6-4-5-15(9-16)7-8-22(29)24-2/h4-14H,3H2,1-2H3,(H,24,29)(H,25,26)/b8-7+. The van der Waals surface area contributed by atoms with E-state index in [1.807, 2.05) is 42.7 Å². The molecule has 2 N–H and O–H groups in total. The molecule has 0 saturated heterocycles. The van der Waals surface area contributed by atoms with Crippen LogP contribution in [0.4, 0.5) is 0 Å². The predicted octanol–water partition coefficient (Wildman–Crippen LogP) is 4.01. The summed E-state index contributed by atoms with van der Waals surface area (Å²) in [4.78, 5) is 28.0. The molecule has 0 unspecified atom stereocenters. The molecule has 0 saturated carbocycles. The first-order valence-corrected chi connectivity index (χ1v) is 9.46. The number of carbonyl (C=O) groups excluding carboxylic acids is 1. The fourth-order valence-electron chi connectivity index (χ4n) is 3.19. The first kappa shape index (κ1) is 18.6. The lowest BCUT2D eigenvalue weighted by molar-refractivity contribution is -0.115. The average Bonchev–Trinajstić information content (AvgIpc) is 3.21. The Morgan fingerprint density at radius 2 is 2.03 bits per heavy atom. The molecule has 6 heteroatoms. The molecule has 0 bridgehead atoms. The molecular formula is C23H21N5O. The molecule has 3 heterocycles. The van der Waals surface area contributed by atoms with Crippen molar-refractivity contribution in [1.82, 2.24) is 25.3 Å². The summed E-state index contributed by atoms with van der Waals surface area (Å²) in [6, 6.07) is 12.1. The van der Waals surface area contributed by atoms with Gasteiger partial charge in [0.1, 0.15) is 12.0 Å². The maximum atomic E-state index is 11.5. The van der Waals surface area contributed by atoms with E-state index >= 15 is 0 Å². The van der Waals surface area contributed by atoms with E-state index in [1.54, 1.807) is 19.5 Å². The summed E-state index contributed by atoms with van der Waals surface area (Å²) < 4.78 is 0. The van der Waals surface area contributed by atoms with Gasteiger partial charge in [0, 0.05) is 47.7 Å². The van der Waals surface area contributed by atoms with Crippen LogP contribution in [0.2, 0.25) is 0 Å². The first-order chi connectivity index (χ1) is 14.2. The van der Waals surface area contributed by atoms with Crippen LogP contribution in [0, 0.1) is 0 Å². The quantitative estimate of drug-likeness (QED) is 0.510. The largest absolute Gasteiger partial charge is 0.356 e. The lowest BCUT2D eigenvalue weighted by Crippen LogP contribution is -2.13. The van der Waals surface area contributed by atoms with Crippen LogP contribution >= 0.6 is 0 Å². The highest BCUT2D eigenvalue weighted by molar-refractivity contribution is 5.95. The third kappa shape index (κ3) is 3.91. The van der Waals surface area contributed by atoms with Gasteiger partial charge in [-0.2, -0.15) is 0 Å². The summed E-state index contributed by atoms with van der Waals surface area (Å²) in [5, 5.41) is 3.59. The molecule has 4 rings (SSSR count). The van der Waals surface area contributed by atoms with Crippen molar-refractivity contribution < 1.29 is 4.79 Å². The maximum Gasteiger partial charge on any atom is 0.243 e. The molecule has 0 spiro atoms. The minimum atomic E-state index is -0.133. The van der Waals surface area contributed by atoms with Crippen molar-refractivity contribution in [3.05, 3.63) is 72.5 Å². The van der Waals surface area contributed by atoms with Gasteiger partial charge in [-0.25, -0.2) is 15.0 Å². The maximum absolute atomic E-state index is 11.5. The number of aromatic amines is 1. The van der Waals surface area contributed by atoms with Gasteiger partial charge in [-0.3, -0.25) is 4.79 Å². The van der Waals surface area contributed by atoms with E-state index in [1.165, 1.54) is 6.08 Å². The van der Waals surface area contributed by atoms with Gasteiger partial charge < -0.3 is 10.3 Å². The summed E-state index contributed by atoms with van der Waals surface area (Å²) in [6.07, 6.45) is 9.56. The smallest absolute Gasteiger partial charge is 0.243 e. The molecule has 0 aliphatic heterocycles. The van der Waals surface area contributed by atoms with Gasteiger partial charge in [0.25, 0.3) is 0 Å². The SMILES string of the molecule is CCc1cc(-c2c[nH]c3ncc(-c4cccc(/C=C/C(=O)NC)c4)cc23)ncn1. The molecule has 3 aromatic heterocycles. The Morgan fingerprint density at radius 3 is 2.86 bits per heavy atom. The molecule has 0 radical (unpaired) electrons. The zero-order valence-electron chi connectivity index (χ0n) is 16.3. The lowest BCUT2D eigenvalue weighted by atomic mass is 10.0. The van der Waals surface area contributed by atoms with Crippen LogP contribution in [0.15, 0.2) is 61.2 Å². The number of carbonyl (C=O) groups is 1. The molecule has 0 atom stereocenters. The fraction of sp³-hybridized carbons (Fsp3) is 0.130. The van der Waals surface area contributed by atoms with Crippen LogP contribution in [0.1, 0.15) is 18.2 Å². The fourth-order valence-corrected chi connectivity index (χ4v) is 3.19. The number of amides is 1. The molecule has 144 valence electrons. The van der Waals surface area contributed by atoms with E-state index in [0.29, 0.717) is 0 Å². The highest BCUT2D eigenvalue weighted by Crippen LogP contribution is 2.30. The summed E-state index contributed by atoms with van der Waals surface area (Å²) in [6.45, 7) is 2.08. The van der Waals surface area contributed by atoms with Crippen molar-refractivity contribution in [3.8, 4) is 22.4 Å². The number of nitrogens with one attached hydrogen (secondary N) is 2. The minimum Gasteiger partial charge on any atom is -0.356 e. The topological polar surface area (TPSA) is 83.6 Å². The molecule has 0 aliphatic rings. The average molecular weight is 383 g/mol. The highest BCUT2D eigenvalue weighted by Gasteiger charge is 2.11. The number of H-pyrrole nitrogens is 1. The van der Waals surface area contributed by atoms with Gasteiger partial charge >= 0.3 is 0 Å². The van der Waals surface area contributed by atoms with E-state index in [-0.39, 0.29) is 5.91 Å². The number of benzene rings is 1. The van der Waals surface area contributed by atoms with Crippen LogP contribution in [-0.2, 0) is 11.2 Å². The van der Waals surface area contributed by atoms with Gasteiger partial charge in [-0.15, -0.1) is 0 Å². The number of fused-ring (bicyclic) bond motifs is 1. The Morgan fingerprint density at radius 1 is 1.14 bits per heavy atom. The second kappa shape index (κ2) is 8.06. The minimum absolute atomic E-state index is 0.133. The number of likely N-dealkylation sites (N-methyl/N-ethyl adjacent to an activating group) is 1. The monoisotopic (exact) mass is 383 g/mol. The summed E-state index contributed by atoms with van der Waals surface area (Å²) in [7, 11) is 1.61. The summed E-state index contributed by atoms with van der Waals surface area (Å²) >= 11 is 0. The highest BCUT2D eigenvalue weighted by atomic mass is 16.1.